The van der Waals surface area contributed by atoms with Gasteiger partial charge in [-0.1, -0.05) is 17.7 Å². The Morgan fingerprint density at radius 3 is 3.00 bits per heavy atom. The highest BCUT2D eigenvalue weighted by Gasteiger charge is 2.25. The van der Waals surface area contributed by atoms with Gasteiger partial charge in [0.2, 0.25) is 0 Å². The Morgan fingerprint density at radius 1 is 1.56 bits per heavy atom. The number of benzene rings is 1. The Bertz CT molecular complexity index is 411. The third-order valence-corrected chi connectivity index (χ3v) is 2.84. The minimum Gasteiger partial charge on any atom is -0.464 e. The molecule has 1 saturated heterocycles. The van der Waals surface area contributed by atoms with Crippen molar-refractivity contribution < 1.29 is 13.9 Å². The molecule has 0 aliphatic carbocycles. The number of halogens is 2. The normalized spacial score (nSPS) is 19.9. The van der Waals surface area contributed by atoms with Crippen LogP contribution in [0, 0.1) is 5.82 Å². The summed E-state index contributed by atoms with van der Waals surface area (Å²) in [6, 6.07) is 3.92. The molecule has 1 atom stereocenters. The quantitative estimate of drug-likeness (QED) is 0.824. The van der Waals surface area contributed by atoms with Crippen molar-refractivity contribution in [2.24, 2.45) is 0 Å². The van der Waals surface area contributed by atoms with E-state index in [1.165, 1.54) is 12.1 Å². The highest BCUT2D eigenvalue weighted by Crippen LogP contribution is 2.17. The lowest BCUT2D eigenvalue weighted by molar-refractivity contribution is -0.139. The molecule has 0 spiro atoms. The lowest BCUT2D eigenvalue weighted by atomic mass is 10.2. The van der Waals surface area contributed by atoms with Crippen molar-refractivity contribution >= 4 is 17.6 Å². The summed E-state index contributed by atoms with van der Waals surface area (Å²) in [5.74, 6) is -0.604. The van der Waals surface area contributed by atoms with Crippen molar-refractivity contribution in [1.82, 2.24) is 5.32 Å². The standard InChI is InChI=1S/C11H11ClFNO2/c12-9-5-8(13)2-1-7(9)6-14-10-3-4-16-11(10)15/h1-2,5,10,14H,3-4,6H2. The summed E-state index contributed by atoms with van der Waals surface area (Å²) in [6.07, 6.45) is 0.664. The molecule has 1 aromatic rings. The van der Waals surface area contributed by atoms with Gasteiger partial charge in [0, 0.05) is 18.0 Å². The molecule has 1 heterocycles. The van der Waals surface area contributed by atoms with Gasteiger partial charge in [-0.25, -0.2) is 4.39 Å². The van der Waals surface area contributed by atoms with Gasteiger partial charge in [0.1, 0.15) is 11.9 Å². The molecule has 0 radical (unpaired) electrons. The van der Waals surface area contributed by atoms with Crippen LogP contribution < -0.4 is 5.32 Å². The van der Waals surface area contributed by atoms with Gasteiger partial charge in [0.25, 0.3) is 0 Å². The van der Waals surface area contributed by atoms with Gasteiger partial charge in [-0.2, -0.15) is 0 Å². The molecule has 2 rings (SSSR count). The van der Waals surface area contributed by atoms with Gasteiger partial charge in [0.15, 0.2) is 0 Å². The van der Waals surface area contributed by atoms with Crippen molar-refractivity contribution in [3.8, 4) is 0 Å². The molecule has 1 aliphatic rings. The summed E-state index contributed by atoms with van der Waals surface area (Å²) < 4.78 is 17.6. The molecule has 0 aromatic heterocycles. The van der Waals surface area contributed by atoms with E-state index < -0.39 is 0 Å². The molecule has 0 amide bonds. The van der Waals surface area contributed by atoms with Crippen molar-refractivity contribution in [1.29, 1.82) is 0 Å². The van der Waals surface area contributed by atoms with Crippen molar-refractivity contribution in [2.75, 3.05) is 6.61 Å². The van der Waals surface area contributed by atoms with E-state index in [-0.39, 0.29) is 17.8 Å². The van der Waals surface area contributed by atoms with Crippen LogP contribution >= 0.6 is 11.6 Å². The summed E-state index contributed by atoms with van der Waals surface area (Å²) in [5, 5.41) is 3.39. The van der Waals surface area contributed by atoms with Crippen LogP contribution in [0.3, 0.4) is 0 Å². The lowest BCUT2D eigenvalue weighted by Crippen LogP contribution is -2.32. The largest absolute Gasteiger partial charge is 0.464 e. The molecular weight excluding hydrogens is 233 g/mol. The van der Waals surface area contributed by atoms with E-state index in [9.17, 15) is 9.18 Å². The average Bonchev–Trinajstić information content (AvgIpc) is 2.63. The highest BCUT2D eigenvalue weighted by atomic mass is 35.5. The third kappa shape index (κ3) is 2.51. The van der Waals surface area contributed by atoms with Crippen LogP contribution in [0.15, 0.2) is 18.2 Å². The van der Waals surface area contributed by atoms with Gasteiger partial charge in [-0.15, -0.1) is 0 Å². The molecule has 0 bridgehead atoms. The van der Waals surface area contributed by atoms with Crippen molar-refractivity contribution in [3.05, 3.63) is 34.6 Å². The lowest BCUT2D eigenvalue weighted by Gasteiger charge is -2.09. The third-order valence-electron chi connectivity index (χ3n) is 2.49. The predicted molar refractivity (Wildman–Crippen MR) is 57.6 cm³/mol. The van der Waals surface area contributed by atoms with E-state index in [0.717, 1.165) is 5.56 Å². The Hall–Kier alpha value is -1.13. The monoisotopic (exact) mass is 243 g/mol. The zero-order valence-corrected chi connectivity index (χ0v) is 9.26. The zero-order valence-electron chi connectivity index (χ0n) is 8.50. The fraction of sp³-hybridized carbons (Fsp3) is 0.364. The van der Waals surface area contributed by atoms with Crippen LogP contribution in [0.2, 0.25) is 5.02 Å². The number of ether oxygens (including phenoxy) is 1. The molecular formula is C11H11ClFNO2. The fourth-order valence-electron chi connectivity index (χ4n) is 1.58. The molecule has 0 saturated carbocycles. The summed E-state index contributed by atoms with van der Waals surface area (Å²) >= 11 is 5.86. The van der Waals surface area contributed by atoms with Crippen LogP contribution in [0.4, 0.5) is 4.39 Å². The number of nitrogens with one attached hydrogen (secondary N) is 1. The maximum Gasteiger partial charge on any atom is 0.323 e. The summed E-state index contributed by atoms with van der Waals surface area (Å²) in [5.41, 5.74) is 0.766. The van der Waals surface area contributed by atoms with Crippen LogP contribution in [-0.2, 0) is 16.1 Å². The van der Waals surface area contributed by atoms with E-state index in [1.54, 1.807) is 6.07 Å². The summed E-state index contributed by atoms with van der Waals surface area (Å²) in [6.45, 7) is 0.881. The number of hydrogen-bond donors (Lipinski definition) is 1. The van der Waals surface area contributed by atoms with E-state index in [2.05, 4.69) is 5.32 Å². The molecule has 1 aromatic carbocycles. The number of carbonyl (C=O) groups is 1. The predicted octanol–water partition coefficient (Wildman–Crippen LogP) is 1.88. The maximum absolute atomic E-state index is 12.8. The summed E-state index contributed by atoms with van der Waals surface area (Å²) in [7, 11) is 0. The first-order chi connectivity index (χ1) is 7.66. The molecule has 1 unspecified atom stereocenters. The number of rotatable bonds is 3. The second kappa shape index (κ2) is 4.80. The van der Waals surface area contributed by atoms with E-state index in [4.69, 9.17) is 16.3 Å². The summed E-state index contributed by atoms with van der Waals surface area (Å²) in [4.78, 5) is 11.2. The fourth-order valence-corrected chi connectivity index (χ4v) is 1.81. The topological polar surface area (TPSA) is 38.3 Å². The first-order valence-corrected chi connectivity index (χ1v) is 5.38. The van der Waals surface area contributed by atoms with Crippen molar-refractivity contribution in [2.45, 2.75) is 19.0 Å². The van der Waals surface area contributed by atoms with E-state index in [1.807, 2.05) is 0 Å². The van der Waals surface area contributed by atoms with Crippen LogP contribution in [0.5, 0.6) is 0 Å². The molecule has 1 fully saturated rings. The van der Waals surface area contributed by atoms with Crippen LogP contribution in [0.25, 0.3) is 0 Å². The minimum absolute atomic E-state index is 0.238. The zero-order chi connectivity index (χ0) is 11.5. The number of esters is 1. The minimum atomic E-state index is -0.367. The Morgan fingerprint density at radius 2 is 2.38 bits per heavy atom. The molecule has 3 nitrogen and oxygen atoms in total. The molecule has 5 heteroatoms. The molecule has 1 N–H and O–H groups in total. The highest BCUT2D eigenvalue weighted by molar-refractivity contribution is 6.31. The second-order valence-corrected chi connectivity index (χ2v) is 4.03. The maximum atomic E-state index is 12.8. The molecule has 16 heavy (non-hydrogen) atoms. The van der Waals surface area contributed by atoms with Crippen LogP contribution in [0.1, 0.15) is 12.0 Å². The molecule has 1 aliphatic heterocycles. The number of cyclic esters (lactones) is 1. The van der Waals surface area contributed by atoms with Crippen LogP contribution in [-0.4, -0.2) is 18.6 Å². The van der Waals surface area contributed by atoms with E-state index in [0.29, 0.717) is 24.6 Å². The SMILES string of the molecule is O=C1OCCC1NCc1ccc(F)cc1Cl. The van der Waals surface area contributed by atoms with Gasteiger partial charge in [0.05, 0.1) is 6.61 Å². The average molecular weight is 244 g/mol. The first kappa shape index (κ1) is 11.4. The molecule has 86 valence electrons. The number of carbonyl (C=O) groups excluding carboxylic acids is 1. The Kier molecular flexibility index (Phi) is 3.41. The Labute approximate surface area is 97.5 Å². The van der Waals surface area contributed by atoms with Gasteiger partial charge in [-0.05, 0) is 17.7 Å². The van der Waals surface area contributed by atoms with E-state index >= 15 is 0 Å². The van der Waals surface area contributed by atoms with Gasteiger partial charge >= 0.3 is 5.97 Å². The smallest absolute Gasteiger partial charge is 0.323 e. The van der Waals surface area contributed by atoms with Crippen molar-refractivity contribution in [3.63, 3.8) is 0 Å². The Balaban J connectivity index is 1.96. The van der Waals surface area contributed by atoms with Gasteiger partial charge in [-0.3, -0.25) is 4.79 Å². The first-order valence-electron chi connectivity index (χ1n) is 5.01. The van der Waals surface area contributed by atoms with Gasteiger partial charge < -0.3 is 10.1 Å². The number of hydrogen-bond acceptors (Lipinski definition) is 3. The second-order valence-electron chi connectivity index (χ2n) is 3.63.